The number of hydrogen-bond donors (Lipinski definition) is 1. The number of amides is 1. The van der Waals surface area contributed by atoms with E-state index in [1.807, 2.05) is 50.2 Å². The number of piperidine rings is 1. The molecule has 1 saturated heterocycles. The van der Waals surface area contributed by atoms with Crippen LogP contribution in [0.5, 0.6) is 5.75 Å². The van der Waals surface area contributed by atoms with Gasteiger partial charge in [-0.25, -0.2) is 0 Å². The second-order valence-electron chi connectivity index (χ2n) is 10.1. The molecule has 0 spiro atoms. The second kappa shape index (κ2) is 12.4. The number of rotatable bonds is 9. The lowest BCUT2D eigenvalue weighted by molar-refractivity contribution is -0.118. The van der Waals surface area contributed by atoms with E-state index in [0.717, 1.165) is 66.5 Å². The minimum absolute atomic E-state index is 0.0246. The van der Waals surface area contributed by atoms with Crippen molar-refractivity contribution < 1.29 is 9.53 Å². The molecule has 4 rings (SSSR count). The van der Waals surface area contributed by atoms with Gasteiger partial charge in [-0.2, -0.15) is 0 Å². The first kappa shape index (κ1) is 26.2. The van der Waals surface area contributed by atoms with E-state index in [1.54, 1.807) is 0 Å². The second-order valence-corrected chi connectivity index (χ2v) is 10.5. The van der Waals surface area contributed by atoms with Crippen molar-refractivity contribution in [1.82, 2.24) is 4.90 Å². The summed E-state index contributed by atoms with van der Waals surface area (Å²) in [6.07, 6.45) is 3.12. The molecule has 1 atom stereocenters. The summed E-state index contributed by atoms with van der Waals surface area (Å²) in [7, 11) is 0. The summed E-state index contributed by atoms with van der Waals surface area (Å²) in [6, 6.07) is 24.6. The van der Waals surface area contributed by atoms with Gasteiger partial charge in [-0.05, 0) is 85.8 Å². The third kappa shape index (κ3) is 7.11. The number of aryl methyl sites for hydroxylation is 1. The monoisotopic (exact) mass is 504 g/mol. The largest absolute Gasteiger partial charge is 0.485 e. The maximum absolute atomic E-state index is 12.1. The predicted molar refractivity (Wildman–Crippen MR) is 149 cm³/mol. The topological polar surface area (TPSA) is 41.6 Å². The van der Waals surface area contributed by atoms with Crippen LogP contribution in [0.2, 0.25) is 5.02 Å². The number of nitrogens with zero attached hydrogens (tertiary/aromatic N) is 1. The quantitative estimate of drug-likeness (QED) is 0.325. The summed E-state index contributed by atoms with van der Waals surface area (Å²) in [5.74, 6) is 1.49. The summed E-state index contributed by atoms with van der Waals surface area (Å²) in [5, 5.41) is 3.77. The molecule has 1 heterocycles. The first-order valence-corrected chi connectivity index (χ1v) is 13.4. The van der Waals surface area contributed by atoms with Crippen LogP contribution in [0.15, 0.2) is 72.8 Å². The third-order valence-electron chi connectivity index (χ3n) is 7.05. The Morgan fingerprint density at radius 3 is 2.44 bits per heavy atom. The SMILES string of the molecule is Cc1ccccc1OC(CCN1CCC(c2cccc(NC(=O)C(C)C)c2)CC1)c1ccc(Cl)cc1. The van der Waals surface area contributed by atoms with Gasteiger partial charge in [-0.15, -0.1) is 0 Å². The molecule has 3 aromatic carbocycles. The van der Waals surface area contributed by atoms with E-state index in [-0.39, 0.29) is 17.9 Å². The van der Waals surface area contributed by atoms with E-state index in [1.165, 1.54) is 5.56 Å². The molecule has 0 aromatic heterocycles. The zero-order chi connectivity index (χ0) is 25.5. The molecule has 1 N–H and O–H groups in total. The van der Waals surface area contributed by atoms with Crippen LogP contribution in [-0.4, -0.2) is 30.4 Å². The van der Waals surface area contributed by atoms with Crippen LogP contribution in [0, 0.1) is 12.8 Å². The number of carbonyl (C=O) groups is 1. The average molecular weight is 505 g/mol. The van der Waals surface area contributed by atoms with Crippen LogP contribution >= 0.6 is 11.6 Å². The highest BCUT2D eigenvalue weighted by Gasteiger charge is 2.23. The van der Waals surface area contributed by atoms with Crippen molar-refractivity contribution in [2.75, 3.05) is 25.0 Å². The molecule has 1 amide bonds. The maximum Gasteiger partial charge on any atom is 0.226 e. The molecule has 4 nitrogen and oxygen atoms in total. The van der Waals surface area contributed by atoms with Gasteiger partial charge in [0.2, 0.25) is 5.91 Å². The van der Waals surface area contributed by atoms with Gasteiger partial charge in [-0.1, -0.05) is 67.9 Å². The molecule has 1 aliphatic rings. The Kier molecular flexibility index (Phi) is 9.06. The molecule has 0 saturated carbocycles. The Bertz CT molecular complexity index is 1140. The van der Waals surface area contributed by atoms with Crippen LogP contribution in [0.1, 0.15) is 61.8 Å². The smallest absolute Gasteiger partial charge is 0.226 e. The van der Waals surface area contributed by atoms with Gasteiger partial charge < -0.3 is 15.0 Å². The van der Waals surface area contributed by atoms with Crippen molar-refractivity contribution in [3.8, 4) is 5.75 Å². The number of para-hydroxylation sites is 1. The van der Waals surface area contributed by atoms with Gasteiger partial charge in [0, 0.05) is 29.6 Å². The number of nitrogens with one attached hydrogen (secondary N) is 1. The van der Waals surface area contributed by atoms with Gasteiger partial charge in [0.15, 0.2) is 0 Å². The molecule has 3 aromatic rings. The fourth-order valence-corrected chi connectivity index (χ4v) is 4.89. The molecule has 0 radical (unpaired) electrons. The van der Waals surface area contributed by atoms with Crippen LogP contribution in [0.4, 0.5) is 5.69 Å². The number of benzene rings is 3. The van der Waals surface area contributed by atoms with E-state index in [2.05, 4.69) is 53.5 Å². The molecule has 5 heteroatoms. The van der Waals surface area contributed by atoms with Crippen molar-refractivity contribution in [1.29, 1.82) is 0 Å². The summed E-state index contributed by atoms with van der Waals surface area (Å²) in [5.41, 5.74) is 4.51. The van der Waals surface area contributed by atoms with Gasteiger partial charge in [0.25, 0.3) is 0 Å². The fraction of sp³-hybridized carbons (Fsp3) is 0.387. The summed E-state index contributed by atoms with van der Waals surface area (Å²) < 4.78 is 6.51. The minimum Gasteiger partial charge on any atom is -0.485 e. The van der Waals surface area contributed by atoms with Crippen LogP contribution in [0.25, 0.3) is 0 Å². The molecular weight excluding hydrogens is 468 g/mol. The van der Waals surface area contributed by atoms with E-state index >= 15 is 0 Å². The lowest BCUT2D eigenvalue weighted by Crippen LogP contribution is -2.34. The molecule has 1 fully saturated rings. The number of hydrogen-bond acceptors (Lipinski definition) is 3. The highest BCUT2D eigenvalue weighted by Crippen LogP contribution is 2.32. The lowest BCUT2D eigenvalue weighted by Gasteiger charge is -2.33. The summed E-state index contributed by atoms with van der Waals surface area (Å²) >= 11 is 6.14. The van der Waals surface area contributed by atoms with Crippen molar-refractivity contribution in [2.45, 2.75) is 52.1 Å². The Labute approximate surface area is 220 Å². The Hall–Kier alpha value is -2.82. The Morgan fingerprint density at radius 2 is 1.75 bits per heavy atom. The van der Waals surface area contributed by atoms with Crippen LogP contribution in [0.3, 0.4) is 0 Å². The first-order chi connectivity index (χ1) is 17.4. The van der Waals surface area contributed by atoms with Gasteiger partial charge in [-0.3, -0.25) is 4.79 Å². The summed E-state index contributed by atoms with van der Waals surface area (Å²) in [4.78, 5) is 14.6. The number of carbonyl (C=O) groups excluding carboxylic acids is 1. The standard InChI is InChI=1S/C31H37ClN2O2/c1-22(2)31(35)33-28-9-6-8-26(21-28)24-15-18-34(19-16-24)20-17-30(25-11-13-27(32)14-12-25)36-29-10-5-4-7-23(29)3/h4-14,21-22,24,30H,15-20H2,1-3H3,(H,33,35). The predicted octanol–water partition coefficient (Wildman–Crippen LogP) is 7.63. The molecular formula is C31H37ClN2O2. The minimum atomic E-state index is -0.0256. The van der Waals surface area contributed by atoms with E-state index < -0.39 is 0 Å². The van der Waals surface area contributed by atoms with Crippen molar-refractivity contribution in [3.05, 3.63) is 94.5 Å². The zero-order valence-electron chi connectivity index (χ0n) is 21.5. The molecule has 0 bridgehead atoms. The Morgan fingerprint density at radius 1 is 1.03 bits per heavy atom. The molecule has 190 valence electrons. The van der Waals surface area contributed by atoms with Crippen LogP contribution in [-0.2, 0) is 4.79 Å². The highest BCUT2D eigenvalue weighted by molar-refractivity contribution is 6.30. The van der Waals surface area contributed by atoms with Crippen molar-refractivity contribution in [3.63, 3.8) is 0 Å². The van der Waals surface area contributed by atoms with E-state index in [4.69, 9.17) is 16.3 Å². The van der Waals surface area contributed by atoms with Gasteiger partial charge in [0.1, 0.15) is 11.9 Å². The fourth-order valence-electron chi connectivity index (χ4n) is 4.76. The van der Waals surface area contributed by atoms with Gasteiger partial charge >= 0.3 is 0 Å². The van der Waals surface area contributed by atoms with Gasteiger partial charge in [0.05, 0.1) is 0 Å². The van der Waals surface area contributed by atoms with E-state index in [0.29, 0.717) is 5.92 Å². The van der Waals surface area contributed by atoms with Crippen LogP contribution < -0.4 is 10.1 Å². The van der Waals surface area contributed by atoms with Crippen molar-refractivity contribution >= 4 is 23.2 Å². The summed E-state index contributed by atoms with van der Waals surface area (Å²) in [6.45, 7) is 9.02. The maximum atomic E-state index is 12.1. The normalized spacial score (nSPS) is 15.6. The Balaban J connectivity index is 1.35. The molecule has 36 heavy (non-hydrogen) atoms. The lowest BCUT2D eigenvalue weighted by atomic mass is 9.89. The average Bonchev–Trinajstić information content (AvgIpc) is 2.88. The number of likely N-dealkylation sites (tertiary alicyclic amines) is 1. The van der Waals surface area contributed by atoms with Crippen molar-refractivity contribution in [2.24, 2.45) is 5.92 Å². The zero-order valence-corrected chi connectivity index (χ0v) is 22.3. The molecule has 1 aliphatic heterocycles. The number of halogens is 1. The number of ether oxygens (including phenoxy) is 1. The molecule has 0 aliphatic carbocycles. The van der Waals surface area contributed by atoms with E-state index in [9.17, 15) is 4.79 Å². The first-order valence-electron chi connectivity index (χ1n) is 13.0. The number of anilines is 1. The third-order valence-corrected chi connectivity index (χ3v) is 7.30. The molecule has 1 unspecified atom stereocenters. The highest BCUT2D eigenvalue weighted by atomic mass is 35.5.